The molecular weight excluding hydrogens is 396 g/mol. The Hall–Kier alpha value is -4.00. The van der Waals surface area contributed by atoms with E-state index in [1.807, 2.05) is 18.2 Å². The van der Waals surface area contributed by atoms with Crippen LogP contribution >= 0.6 is 0 Å². The molecule has 7 nitrogen and oxygen atoms in total. The lowest BCUT2D eigenvalue weighted by atomic mass is 10.2. The van der Waals surface area contributed by atoms with Crippen molar-refractivity contribution in [1.29, 1.82) is 0 Å². The van der Waals surface area contributed by atoms with Gasteiger partial charge in [0.25, 0.3) is 11.8 Å². The number of carbonyl (C=O) groups is 2. The lowest BCUT2D eigenvalue weighted by Crippen LogP contribution is -2.41. The van der Waals surface area contributed by atoms with Crippen LogP contribution in [-0.4, -0.2) is 31.6 Å². The second-order valence-corrected chi connectivity index (χ2v) is 6.73. The molecule has 0 fully saturated rings. The van der Waals surface area contributed by atoms with Crippen molar-refractivity contribution in [2.75, 3.05) is 13.7 Å². The molecule has 1 aromatic heterocycles. The van der Waals surface area contributed by atoms with Crippen molar-refractivity contribution in [2.24, 2.45) is 0 Å². The average molecular weight is 420 g/mol. The Morgan fingerprint density at radius 3 is 2.39 bits per heavy atom. The first-order chi connectivity index (χ1) is 15.1. The normalized spacial score (nSPS) is 12.0. The standard InChI is InChI=1S/C24H24N2O5/c1-17(16-31-22-13-7-6-12-21(22)29-2)25-24(28)20(15-19-11-8-14-30-19)26-23(27)18-9-4-3-5-10-18/h3-15,17H,16H2,1-2H3,(H,25,28)(H,26,27)/b20-15-. The largest absolute Gasteiger partial charge is 0.493 e. The zero-order valence-electron chi connectivity index (χ0n) is 17.3. The number of nitrogens with one attached hydrogen (secondary N) is 2. The molecule has 0 spiro atoms. The lowest BCUT2D eigenvalue weighted by molar-refractivity contribution is -0.118. The van der Waals surface area contributed by atoms with E-state index < -0.39 is 11.8 Å². The molecule has 1 atom stereocenters. The van der Waals surface area contributed by atoms with Crippen LogP contribution in [0.1, 0.15) is 23.0 Å². The van der Waals surface area contributed by atoms with Gasteiger partial charge in [0.1, 0.15) is 18.1 Å². The second kappa shape index (κ2) is 10.7. The Kier molecular flexibility index (Phi) is 7.48. The van der Waals surface area contributed by atoms with Crippen molar-refractivity contribution in [2.45, 2.75) is 13.0 Å². The van der Waals surface area contributed by atoms with Crippen LogP contribution in [-0.2, 0) is 4.79 Å². The molecule has 0 aliphatic rings. The zero-order chi connectivity index (χ0) is 22.1. The highest BCUT2D eigenvalue weighted by Gasteiger charge is 2.18. The van der Waals surface area contributed by atoms with Gasteiger partial charge in [0.05, 0.1) is 19.4 Å². The minimum atomic E-state index is -0.461. The summed E-state index contributed by atoms with van der Waals surface area (Å²) in [4.78, 5) is 25.4. The first-order valence-electron chi connectivity index (χ1n) is 9.75. The zero-order valence-corrected chi connectivity index (χ0v) is 17.3. The molecular formula is C24H24N2O5. The number of furan rings is 1. The molecule has 0 aliphatic carbocycles. The van der Waals surface area contributed by atoms with Crippen LogP contribution in [0.15, 0.2) is 83.1 Å². The van der Waals surface area contributed by atoms with Gasteiger partial charge in [-0.05, 0) is 43.3 Å². The minimum absolute atomic E-state index is 0.0629. The van der Waals surface area contributed by atoms with Crippen LogP contribution in [0, 0.1) is 0 Å². The summed E-state index contributed by atoms with van der Waals surface area (Å²) in [5.41, 5.74) is 0.501. The molecule has 160 valence electrons. The van der Waals surface area contributed by atoms with E-state index in [0.717, 1.165) is 0 Å². The van der Waals surface area contributed by atoms with Gasteiger partial charge in [-0.25, -0.2) is 0 Å². The summed E-state index contributed by atoms with van der Waals surface area (Å²) in [6.45, 7) is 2.02. The third kappa shape index (κ3) is 6.24. The second-order valence-electron chi connectivity index (χ2n) is 6.73. The molecule has 0 saturated heterocycles. The van der Waals surface area contributed by atoms with Gasteiger partial charge in [0.2, 0.25) is 0 Å². The SMILES string of the molecule is COc1ccccc1OCC(C)NC(=O)/C(=C/c1ccco1)NC(=O)c1ccccc1. The molecule has 1 unspecified atom stereocenters. The minimum Gasteiger partial charge on any atom is -0.493 e. The number of rotatable bonds is 9. The molecule has 1 heterocycles. The van der Waals surface area contributed by atoms with Gasteiger partial charge in [-0.15, -0.1) is 0 Å². The third-order valence-corrected chi connectivity index (χ3v) is 4.29. The van der Waals surface area contributed by atoms with E-state index in [-0.39, 0.29) is 18.3 Å². The molecule has 3 rings (SSSR count). The number of amides is 2. The molecule has 0 bridgehead atoms. The summed E-state index contributed by atoms with van der Waals surface area (Å²) < 4.78 is 16.3. The maximum absolute atomic E-state index is 12.9. The van der Waals surface area contributed by atoms with Gasteiger partial charge in [-0.3, -0.25) is 9.59 Å². The molecule has 2 N–H and O–H groups in total. The van der Waals surface area contributed by atoms with Gasteiger partial charge in [-0.2, -0.15) is 0 Å². The van der Waals surface area contributed by atoms with E-state index in [2.05, 4.69) is 10.6 Å². The van der Waals surface area contributed by atoms with Crippen molar-refractivity contribution in [1.82, 2.24) is 10.6 Å². The number of ether oxygens (including phenoxy) is 2. The molecule has 2 aromatic carbocycles. The summed E-state index contributed by atoms with van der Waals surface area (Å²) in [6.07, 6.45) is 2.97. The van der Waals surface area contributed by atoms with E-state index in [1.54, 1.807) is 62.6 Å². The predicted molar refractivity (Wildman–Crippen MR) is 117 cm³/mol. The Labute approximate surface area is 180 Å². The van der Waals surface area contributed by atoms with Gasteiger partial charge in [0, 0.05) is 11.6 Å². The summed E-state index contributed by atoms with van der Waals surface area (Å²) in [5, 5.41) is 5.49. The maximum Gasteiger partial charge on any atom is 0.268 e. The first-order valence-corrected chi connectivity index (χ1v) is 9.75. The van der Waals surface area contributed by atoms with Crippen molar-refractivity contribution in [3.05, 3.63) is 90.0 Å². The molecule has 7 heteroatoms. The summed E-state index contributed by atoms with van der Waals surface area (Å²) in [6, 6.07) is 19.0. The molecule has 31 heavy (non-hydrogen) atoms. The topological polar surface area (TPSA) is 89.8 Å². The number of methoxy groups -OCH3 is 1. The molecule has 3 aromatic rings. The fourth-order valence-electron chi connectivity index (χ4n) is 2.75. The van der Waals surface area contributed by atoms with Crippen LogP contribution in [0.5, 0.6) is 11.5 Å². The van der Waals surface area contributed by atoms with Crippen LogP contribution in [0.2, 0.25) is 0 Å². The number of para-hydroxylation sites is 2. The summed E-state index contributed by atoms with van der Waals surface area (Å²) in [5.74, 6) is 0.768. The van der Waals surface area contributed by atoms with Crippen LogP contribution in [0.3, 0.4) is 0 Å². The Morgan fingerprint density at radius 2 is 1.71 bits per heavy atom. The van der Waals surface area contributed by atoms with E-state index in [9.17, 15) is 9.59 Å². The smallest absolute Gasteiger partial charge is 0.268 e. The molecule has 2 amide bonds. The van der Waals surface area contributed by atoms with Crippen LogP contribution in [0.25, 0.3) is 6.08 Å². The van der Waals surface area contributed by atoms with Gasteiger partial charge in [0.15, 0.2) is 11.5 Å². The molecule has 0 aliphatic heterocycles. The van der Waals surface area contributed by atoms with Gasteiger partial charge >= 0.3 is 0 Å². The monoisotopic (exact) mass is 420 g/mol. The van der Waals surface area contributed by atoms with Crippen LogP contribution < -0.4 is 20.1 Å². The fourth-order valence-corrected chi connectivity index (χ4v) is 2.75. The predicted octanol–water partition coefficient (Wildman–Crippen LogP) is 3.64. The highest BCUT2D eigenvalue weighted by molar-refractivity contribution is 6.05. The number of benzene rings is 2. The van der Waals surface area contributed by atoms with Crippen molar-refractivity contribution in [3.63, 3.8) is 0 Å². The Bertz CT molecular complexity index is 1030. The first kappa shape index (κ1) is 21.7. The highest BCUT2D eigenvalue weighted by atomic mass is 16.5. The Morgan fingerprint density at radius 1 is 1.00 bits per heavy atom. The van der Waals surface area contributed by atoms with E-state index in [0.29, 0.717) is 22.8 Å². The number of hydrogen-bond acceptors (Lipinski definition) is 5. The van der Waals surface area contributed by atoms with Crippen LogP contribution in [0.4, 0.5) is 0 Å². The van der Waals surface area contributed by atoms with E-state index in [1.165, 1.54) is 12.3 Å². The number of carbonyl (C=O) groups excluding carboxylic acids is 2. The van der Waals surface area contributed by atoms with E-state index in [4.69, 9.17) is 13.9 Å². The van der Waals surface area contributed by atoms with E-state index >= 15 is 0 Å². The number of hydrogen-bond donors (Lipinski definition) is 2. The summed E-state index contributed by atoms with van der Waals surface area (Å²) >= 11 is 0. The van der Waals surface area contributed by atoms with Crippen molar-refractivity contribution < 1.29 is 23.5 Å². The molecule has 0 radical (unpaired) electrons. The average Bonchev–Trinajstić information content (AvgIpc) is 3.31. The maximum atomic E-state index is 12.9. The van der Waals surface area contributed by atoms with Crippen molar-refractivity contribution in [3.8, 4) is 11.5 Å². The van der Waals surface area contributed by atoms with Gasteiger partial charge in [-0.1, -0.05) is 30.3 Å². The Balaban J connectivity index is 1.67. The fraction of sp³-hybridized carbons (Fsp3) is 0.167. The highest BCUT2D eigenvalue weighted by Crippen LogP contribution is 2.25. The third-order valence-electron chi connectivity index (χ3n) is 4.29. The van der Waals surface area contributed by atoms with Gasteiger partial charge < -0.3 is 24.5 Å². The quantitative estimate of drug-likeness (QED) is 0.516. The molecule has 0 saturated carbocycles. The lowest BCUT2D eigenvalue weighted by Gasteiger charge is -2.18. The summed E-state index contributed by atoms with van der Waals surface area (Å²) in [7, 11) is 1.56. The van der Waals surface area contributed by atoms with Crippen molar-refractivity contribution >= 4 is 17.9 Å².